The quantitative estimate of drug-likeness (QED) is 0.554. The summed E-state index contributed by atoms with van der Waals surface area (Å²) in [6.45, 7) is 6.59. The molecule has 1 fully saturated rings. The van der Waals surface area contributed by atoms with E-state index < -0.39 is 0 Å². The molecule has 0 aromatic heterocycles. The van der Waals surface area contributed by atoms with Crippen molar-refractivity contribution in [3.05, 3.63) is 0 Å². The molecule has 0 aromatic carbocycles. The molecule has 6 heteroatoms. The van der Waals surface area contributed by atoms with Gasteiger partial charge < -0.3 is 16.0 Å². The summed E-state index contributed by atoms with van der Waals surface area (Å²) in [6.07, 6.45) is 0. The van der Waals surface area contributed by atoms with E-state index in [0.29, 0.717) is 0 Å². The second-order valence-corrected chi connectivity index (χ2v) is 7.05. The van der Waals surface area contributed by atoms with Gasteiger partial charge in [0.1, 0.15) is 0 Å². The Morgan fingerprint density at radius 1 is 0.667 bits per heavy atom. The summed E-state index contributed by atoms with van der Waals surface area (Å²) < 4.78 is 0. The van der Waals surface area contributed by atoms with Gasteiger partial charge in [-0.3, -0.25) is 0 Å². The maximum absolute atomic E-state index is 3.30. The zero-order valence-corrected chi connectivity index (χ0v) is 10.9. The van der Waals surface area contributed by atoms with E-state index in [1.54, 1.807) is 0 Å². The number of halogens is 2. The van der Waals surface area contributed by atoms with E-state index in [2.05, 4.69) is 44.2 Å². The summed E-state index contributed by atoms with van der Waals surface area (Å²) in [4.78, 5) is 0. The fraction of sp³-hybridized carbons (Fsp3) is 1.00. The standard InChI is InChI=1S/C6H15N3.2BrH.Cu/c1-2-8-5-6-9-4-3-7-1;;;/h7-9H,1-6H2;2*1H;/q;;;+2/p-2. The molecule has 1 aliphatic heterocycles. The van der Waals surface area contributed by atoms with Crippen LogP contribution in [0.5, 0.6) is 0 Å². The Kier molecular flexibility index (Phi) is 13.8. The SMILES string of the molecule is C1CNCCNCCN1.[Br][Cu][Br]. The molecule has 3 N–H and O–H groups in total. The molecule has 1 heterocycles. The van der Waals surface area contributed by atoms with Crippen LogP contribution in [-0.4, -0.2) is 39.3 Å². The molecular formula is C6H15Br2CuN3. The molecule has 79 valence electrons. The Labute approximate surface area is 94.4 Å². The number of nitrogens with one attached hydrogen (secondary N) is 3. The Morgan fingerprint density at radius 3 is 1.00 bits per heavy atom. The van der Waals surface area contributed by atoms with Crippen LogP contribution < -0.4 is 16.0 Å². The molecule has 12 heavy (non-hydrogen) atoms. The van der Waals surface area contributed by atoms with E-state index in [1.165, 1.54) is 11.3 Å². The predicted octanol–water partition coefficient (Wildman–Crippen LogP) is 0.458. The van der Waals surface area contributed by atoms with Crippen molar-refractivity contribution in [2.24, 2.45) is 0 Å². The third kappa shape index (κ3) is 11.4. The predicted molar refractivity (Wildman–Crippen MR) is 56.5 cm³/mol. The van der Waals surface area contributed by atoms with E-state index >= 15 is 0 Å². The number of rotatable bonds is 0. The molecule has 1 aliphatic rings. The van der Waals surface area contributed by atoms with Crippen LogP contribution in [0.25, 0.3) is 0 Å². The maximum atomic E-state index is 3.30. The zero-order valence-electron chi connectivity index (χ0n) is 6.80. The summed E-state index contributed by atoms with van der Waals surface area (Å²) in [7, 11) is 0. The van der Waals surface area contributed by atoms with Crippen molar-refractivity contribution in [3.63, 3.8) is 0 Å². The first-order valence-electron chi connectivity index (χ1n) is 3.85. The first-order chi connectivity index (χ1) is 5.91. The van der Waals surface area contributed by atoms with Crippen LogP contribution in [0.4, 0.5) is 0 Å². The van der Waals surface area contributed by atoms with Crippen molar-refractivity contribution in [2.45, 2.75) is 0 Å². The molecule has 0 bridgehead atoms. The second-order valence-electron chi connectivity index (χ2n) is 2.29. The molecule has 0 atom stereocenters. The van der Waals surface area contributed by atoms with Crippen molar-refractivity contribution >= 4 is 28.2 Å². The summed E-state index contributed by atoms with van der Waals surface area (Å²) in [5.74, 6) is 0. The van der Waals surface area contributed by atoms with Gasteiger partial charge in [0.2, 0.25) is 0 Å². The average molecular weight is 353 g/mol. The molecular weight excluding hydrogens is 337 g/mol. The number of hydrogen-bond donors (Lipinski definition) is 3. The molecule has 3 nitrogen and oxygen atoms in total. The van der Waals surface area contributed by atoms with Crippen LogP contribution >= 0.6 is 28.2 Å². The number of hydrogen-bond acceptors (Lipinski definition) is 3. The fourth-order valence-corrected chi connectivity index (χ4v) is 0.905. The molecule has 0 spiro atoms. The Balaban J connectivity index is 0.000000354. The molecule has 0 unspecified atom stereocenters. The van der Waals surface area contributed by atoms with Gasteiger partial charge in [0.25, 0.3) is 0 Å². The molecule has 0 amide bonds. The van der Waals surface area contributed by atoms with E-state index in [0.717, 1.165) is 39.3 Å². The van der Waals surface area contributed by atoms with Gasteiger partial charge in [-0.25, -0.2) is 0 Å². The van der Waals surface area contributed by atoms with Crippen LogP contribution in [0.2, 0.25) is 0 Å². The van der Waals surface area contributed by atoms with Crippen molar-refractivity contribution in [1.29, 1.82) is 0 Å². The Morgan fingerprint density at radius 2 is 0.833 bits per heavy atom. The summed E-state index contributed by atoms with van der Waals surface area (Å²) in [5, 5.41) is 9.91. The summed E-state index contributed by atoms with van der Waals surface area (Å²) >= 11 is 7.38. The molecule has 0 saturated carbocycles. The van der Waals surface area contributed by atoms with E-state index in [-0.39, 0.29) is 0 Å². The van der Waals surface area contributed by atoms with Crippen LogP contribution in [0.3, 0.4) is 0 Å². The Bertz CT molecular complexity index is 58.7. The molecule has 1 saturated heterocycles. The average Bonchev–Trinajstić information content (AvgIpc) is 2.19. The van der Waals surface area contributed by atoms with Crippen molar-refractivity contribution in [3.8, 4) is 0 Å². The minimum atomic E-state index is 1.10. The molecule has 0 aliphatic carbocycles. The summed E-state index contributed by atoms with van der Waals surface area (Å²) in [6, 6.07) is 0. The van der Waals surface area contributed by atoms with Crippen LogP contribution in [0.15, 0.2) is 0 Å². The molecule has 0 aromatic rings. The van der Waals surface area contributed by atoms with Gasteiger partial charge in [0.05, 0.1) is 0 Å². The van der Waals surface area contributed by atoms with Crippen LogP contribution in [0, 0.1) is 0 Å². The van der Waals surface area contributed by atoms with Crippen LogP contribution in [-0.2, 0) is 11.3 Å². The fourth-order valence-electron chi connectivity index (χ4n) is 0.905. The summed E-state index contributed by atoms with van der Waals surface area (Å²) in [5.41, 5.74) is 0. The van der Waals surface area contributed by atoms with Gasteiger partial charge in [-0.15, -0.1) is 0 Å². The Hall–Kier alpha value is 1.36. The van der Waals surface area contributed by atoms with Gasteiger partial charge in [-0.2, -0.15) is 0 Å². The van der Waals surface area contributed by atoms with Crippen molar-refractivity contribution < 1.29 is 11.3 Å². The normalized spacial score (nSPS) is 19.8. The topological polar surface area (TPSA) is 36.1 Å². The monoisotopic (exact) mass is 350 g/mol. The first-order valence-corrected chi connectivity index (χ1v) is 8.50. The minimum absolute atomic E-state index is 1.10. The van der Waals surface area contributed by atoms with E-state index in [4.69, 9.17) is 0 Å². The van der Waals surface area contributed by atoms with Crippen molar-refractivity contribution in [2.75, 3.05) is 39.3 Å². The van der Waals surface area contributed by atoms with E-state index in [9.17, 15) is 0 Å². The first kappa shape index (κ1) is 13.4. The van der Waals surface area contributed by atoms with Gasteiger partial charge in [-0.1, -0.05) is 0 Å². The molecule has 1 rings (SSSR count). The van der Waals surface area contributed by atoms with Gasteiger partial charge in [0.15, 0.2) is 0 Å². The van der Waals surface area contributed by atoms with E-state index in [1.807, 2.05) is 0 Å². The van der Waals surface area contributed by atoms with Crippen molar-refractivity contribution in [1.82, 2.24) is 16.0 Å². The zero-order chi connectivity index (χ0) is 9.07. The second kappa shape index (κ2) is 12.4. The third-order valence-electron chi connectivity index (χ3n) is 1.44. The third-order valence-corrected chi connectivity index (χ3v) is 1.44. The van der Waals surface area contributed by atoms with Gasteiger partial charge in [-0.05, 0) is 0 Å². The molecule has 0 radical (unpaired) electrons. The van der Waals surface area contributed by atoms with Gasteiger partial charge >= 0.3 is 39.6 Å². The van der Waals surface area contributed by atoms with Crippen LogP contribution in [0.1, 0.15) is 0 Å². The van der Waals surface area contributed by atoms with Gasteiger partial charge in [0, 0.05) is 39.3 Å².